The minimum Gasteiger partial charge on any atom is -0.462 e. The summed E-state index contributed by atoms with van der Waals surface area (Å²) < 4.78 is 16.8. The fourth-order valence-corrected chi connectivity index (χ4v) is 7.76. The van der Waals surface area contributed by atoms with Crippen molar-refractivity contribution in [3.63, 3.8) is 0 Å². The topological polar surface area (TPSA) is 78.9 Å². The van der Waals surface area contributed by atoms with Crippen molar-refractivity contribution >= 4 is 17.9 Å². The molecule has 0 unspecified atom stereocenters. The second-order valence-corrected chi connectivity index (χ2v) is 19.2. The minimum atomic E-state index is -0.763. The summed E-state index contributed by atoms with van der Waals surface area (Å²) in [6.07, 6.45) is 42.4. The first kappa shape index (κ1) is 56.4. The number of ether oxygens (including phenoxy) is 3. The zero-order valence-corrected chi connectivity index (χ0v) is 39.8. The van der Waals surface area contributed by atoms with Crippen molar-refractivity contribution in [1.29, 1.82) is 0 Å². The Labute approximate surface area is 361 Å². The van der Waals surface area contributed by atoms with Crippen LogP contribution in [0.2, 0.25) is 0 Å². The van der Waals surface area contributed by atoms with E-state index in [1.54, 1.807) is 0 Å². The summed E-state index contributed by atoms with van der Waals surface area (Å²) in [6, 6.07) is 0. The van der Waals surface area contributed by atoms with Crippen LogP contribution in [0, 0.1) is 17.8 Å². The first-order valence-corrected chi connectivity index (χ1v) is 25.6. The van der Waals surface area contributed by atoms with E-state index >= 15 is 0 Å². The maximum atomic E-state index is 12.7. The number of carbonyl (C=O) groups is 3. The SMILES string of the molecule is CC(C)CCCCCCCCCCCCCCCCCC(=O)OC[C@@H](COC(=O)CCCCCCCCCCC(C)C)OC(=O)CCCCCCCCCCC(C)C. The van der Waals surface area contributed by atoms with Gasteiger partial charge < -0.3 is 14.2 Å². The highest BCUT2D eigenvalue weighted by atomic mass is 16.6. The molecular formula is C52H100O6. The van der Waals surface area contributed by atoms with Crippen LogP contribution in [-0.4, -0.2) is 37.2 Å². The highest BCUT2D eigenvalue weighted by molar-refractivity contribution is 5.71. The van der Waals surface area contributed by atoms with Crippen molar-refractivity contribution in [2.75, 3.05) is 13.2 Å². The van der Waals surface area contributed by atoms with Crippen molar-refractivity contribution in [3.8, 4) is 0 Å². The highest BCUT2D eigenvalue weighted by Gasteiger charge is 2.19. The van der Waals surface area contributed by atoms with Crippen LogP contribution in [0.5, 0.6) is 0 Å². The van der Waals surface area contributed by atoms with Crippen molar-refractivity contribution in [2.45, 2.75) is 285 Å². The molecule has 0 saturated heterocycles. The van der Waals surface area contributed by atoms with Crippen LogP contribution in [0.1, 0.15) is 279 Å². The summed E-state index contributed by atoms with van der Waals surface area (Å²) in [6.45, 7) is 13.7. The van der Waals surface area contributed by atoms with Gasteiger partial charge in [0.2, 0.25) is 0 Å². The zero-order valence-electron chi connectivity index (χ0n) is 39.8. The van der Waals surface area contributed by atoms with Crippen molar-refractivity contribution in [2.24, 2.45) is 17.8 Å². The van der Waals surface area contributed by atoms with Gasteiger partial charge in [-0.3, -0.25) is 14.4 Å². The smallest absolute Gasteiger partial charge is 0.306 e. The second kappa shape index (κ2) is 43.5. The zero-order chi connectivity index (χ0) is 42.7. The summed E-state index contributed by atoms with van der Waals surface area (Å²) in [5.74, 6) is 1.58. The Kier molecular flexibility index (Phi) is 42.3. The lowest BCUT2D eigenvalue weighted by atomic mass is 10.0. The average molecular weight is 821 g/mol. The van der Waals surface area contributed by atoms with Gasteiger partial charge in [-0.1, -0.05) is 241 Å². The van der Waals surface area contributed by atoms with Gasteiger partial charge in [-0.05, 0) is 37.0 Å². The van der Waals surface area contributed by atoms with Crippen molar-refractivity contribution in [3.05, 3.63) is 0 Å². The Balaban J connectivity index is 4.26. The Morgan fingerprint density at radius 3 is 0.741 bits per heavy atom. The van der Waals surface area contributed by atoms with Crippen LogP contribution in [0.15, 0.2) is 0 Å². The van der Waals surface area contributed by atoms with Crippen molar-refractivity contribution < 1.29 is 28.6 Å². The highest BCUT2D eigenvalue weighted by Crippen LogP contribution is 2.17. The number of esters is 3. The van der Waals surface area contributed by atoms with Gasteiger partial charge in [0.05, 0.1) is 0 Å². The number of hydrogen-bond acceptors (Lipinski definition) is 6. The van der Waals surface area contributed by atoms with Gasteiger partial charge in [0.25, 0.3) is 0 Å². The summed E-state index contributed by atoms with van der Waals surface area (Å²) in [7, 11) is 0. The Morgan fingerprint density at radius 1 is 0.293 bits per heavy atom. The Morgan fingerprint density at radius 2 is 0.500 bits per heavy atom. The van der Waals surface area contributed by atoms with Gasteiger partial charge in [-0.15, -0.1) is 0 Å². The van der Waals surface area contributed by atoms with Crippen LogP contribution in [0.3, 0.4) is 0 Å². The summed E-state index contributed by atoms with van der Waals surface area (Å²) in [5, 5.41) is 0. The lowest BCUT2D eigenvalue weighted by Crippen LogP contribution is -2.30. The predicted octanol–water partition coefficient (Wildman–Crippen LogP) is 16.4. The third-order valence-corrected chi connectivity index (χ3v) is 11.6. The molecule has 0 spiro atoms. The monoisotopic (exact) mass is 821 g/mol. The molecule has 1 atom stereocenters. The van der Waals surface area contributed by atoms with Gasteiger partial charge in [0.1, 0.15) is 13.2 Å². The van der Waals surface area contributed by atoms with Gasteiger partial charge in [0, 0.05) is 19.3 Å². The summed E-state index contributed by atoms with van der Waals surface area (Å²) in [4.78, 5) is 37.9. The quantitative estimate of drug-likeness (QED) is 0.0346. The molecule has 58 heavy (non-hydrogen) atoms. The Hall–Kier alpha value is -1.59. The number of hydrogen-bond donors (Lipinski definition) is 0. The number of unbranched alkanes of at least 4 members (excludes halogenated alkanes) is 28. The van der Waals surface area contributed by atoms with Crippen LogP contribution >= 0.6 is 0 Å². The molecular weight excluding hydrogens is 721 g/mol. The molecule has 0 rings (SSSR count). The lowest BCUT2D eigenvalue weighted by molar-refractivity contribution is -0.167. The molecule has 0 aliphatic rings. The molecule has 6 nitrogen and oxygen atoms in total. The maximum absolute atomic E-state index is 12.7. The first-order chi connectivity index (χ1) is 28.1. The number of rotatable bonds is 45. The molecule has 0 fully saturated rings. The normalized spacial score (nSPS) is 12.2. The van der Waals surface area contributed by atoms with E-state index < -0.39 is 6.10 Å². The van der Waals surface area contributed by atoms with Gasteiger partial charge in [-0.25, -0.2) is 0 Å². The van der Waals surface area contributed by atoms with E-state index in [0.29, 0.717) is 19.3 Å². The van der Waals surface area contributed by atoms with Crippen LogP contribution < -0.4 is 0 Å². The molecule has 0 N–H and O–H groups in total. The molecule has 0 aliphatic carbocycles. The molecule has 0 bridgehead atoms. The van der Waals surface area contributed by atoms with E-state index in [-0.39, 0.29) is 31.1 Å². The van der Waals surface area contributed by atoms with Crippen LogP contribution in [0.25, 0.3) is 0 Å². The molecule has 0 saturated carbocycles. The minimum absolute atomic E-state index is 0.0653. The average Bonchev–Trinajstić information content (AvgIpc) is 3.18. The van der Waals surface area contributed by atoms with Gasteiger partial charge >= 0.3 is 17.9 Å². The van der Waals surface area contributed by atoms with Crippen LogP contribution in [0.4, 0.5) is 0 Å². The molecule has 0 aromatic rings. The first-order valence-electron chi connectivity index (χ1n) is 25.6. The Bertz CT molecular complexity index is 898. The molecule has 0 aromatic carbocycles. The lowest BCUT2D eigenvalue weighted by Gasteiger charge is -2.18. The largest absolute Gasteiger partial charge is 0.462 e. The standard InChI is InChI=1S/C52H100O6/c1-46(2)38-32-26-20-14-12-10-8-7-9-11-13-15-23-29-35-41-50(53)56-44-49(58-52(55)43-37-31-25-19-17-22-28-34-40-48(5)6)45-57-51(54)42-36-30-24-18-16-21-27-33-39-47(3)4/h46-49H,7-45H2,1-6H3/t49-/m0/s1. The van der Waals surface area contributed by atoms with Crippen LogP contribution in [-0.2, 0) is 28.6 Å². The third kappa shape index (κ3) is 45.5. The van der Waals surface area contributed by atoms with Gasteiger partial charge in [0.15, 0.2) is 6.10 Å². The molecule has 0 aromatic heterocycles. The third-order valence-electron chi connectivity index (χ3n) is 11.6. The molecule has 0 heterocycles. The second-order valence-electron chi connectivity index (χ2n) is 19.2. The van der Waals surface area contributed by atoms with E-state index in [0.717, 1.165) is 75.5 Å². The van der Waals surface area contributed by atoms with E-state index in [9.17, 15) is 14.4 Å². The summed E-state index contributed by atoms with van der Waals surface area (Å²) >= 11 is 0. The molecule has 0 radical (unpaired) electrons. The van der Waals surface area contributed by atoms with E-state index in [2.05, 4.69) is 41.5 Å². The fourth-order valence-electron chi connectivity index (χ4n) is 7.76. The molecule has 6 heteroatoms. The molecule has 0 amide bonds. The van der Waals surface area contributed by atoms with Crippen molar-refractivity contribution in [1.82, 2.24) is 0 Å². The van der Waals surface area contributed by atoms with E-state index in [1.165, 1.54) is 161 Å². The molecule has 344 valence electrons. The van der Waals surface area contributed by atoms with E-state index in [1.807, 2.05) is 0 Å². The summed E-state index contributed by atoms with van der Waals surface area (Å²) in [5.41, 5.74) is 0. The predicted molar refractivity (Wildman–Crippen MR) is 247 cm³/mol. The molecule has 0 aliphatic heterocycles. The maximum Gasteiger partial charge on any atom is 0.306 e. The van der Waals surface area contributed by atoms with E-state index in [4.69, 9.17) is 14.2 Å². The van der Waals surface area contributed by atoms with Gasteiger partial charge in [-0.2, -0.15) is 0 Å². The fraction of sp³-hybridized carbons (Fsp3) is 0.942. The number of carbonyl (C=O) groups excluding carboxylic acids is 3.